The maximum atomic E-state index is 5.33. The van der Waals surface area contributed by atoms with Gasteiger partial charge in [-0.3, -0.25) is 0 Å². The molecule has 0 radical (unpaired) electrons. The fourth-order valence-corrected chi connectivity index (χ4v) is 4.30. The molecule has 2 rings (SSSR count). The predicted molar refractivity (Wildman–Crippen MR) is 89.8 cm³/mol. The predicted octanol–water partition coefficient (Wildman–Crippen LogP) is 4.70. The van der Waals surface area contributed by atoms with Crippen molar-refractivity contribution in [3.05, 3.63) is 29.3 Å². The van der Waals surface area contributed by atoms with Crippen LogP contribution >= 0.6 is 0 Å². The van der Waals surface area contributed by atoms with E-state index in [1.54, 1.807) is 7.11 Å². The molecule has 0 spiro atoms. The summed E-state index contributed by atoms with van der Waals surface area (Å²) in [5, 5.41) is 3.77. The van der Waals surface area contributed by atoms with Gasteiger partial charge in [0.1, 0.15) is 5.75 Å². The second kappa shape index (κ2) is 6.00. The van der Waals surface area contributed by atoms with Crippen molar-refractivity contribution >= 4 is 0 Å². The van der Waals surface area contributed by atoms with Crippen molar-refractivity contribution in [2.45, 2.75) is 66.5 Å². The lowest BCUT2D eigenvalue weighted by molar-refractivity contribution is 0.0845. The van der Waals surface area contributed by atoms with Crippen molar-refractivity contribution in [1.82, 2.24) is 5.32 Å². The van der Waals surface area contributed by atoms with E-state index in [9.17, 15) is 0 Å². The van der Waals surface area contributed by atoms with Gasteiger partial charge in [-0.2, -0.15) is 0 Å². The summed E-state index contributed by atoms with van der Waals surface area (Å²) < 4.78 is 5.33. The van der Waals surface area contributed by atoms with E-state index >= 15 is 0 Å². The minimum absolute atomic E-state index is 0.440. The highest BCUT2D eigenvalue weighted by Crippen LogP contribution is 2.45. The molecule has 1 aliphatic rings. The Kier molecular flexibility index (Phi) is 4.67. The van der Waals surface area contributed by atoms with Gasteiger partial charge < -0.3 is 10.1 Å². The van der Waals surface area contributed by atoms with Crippen molar-refractivity contribution in [3.63, 3.8) is 0 Å². The quantitative estimate of drug-likeness (QED) is 0.867. The minimum Gasteiger partial charge on any atom is -0.496 e. The Hall–Kier alpha value is -1.02. The molecule has 2 heteroatoms. The molecule has 0 amide bonds. The Bertz CT molecular complexity index is 474. The number of benzene rings is 1. The number of aryl methyl sites for hydroxylation is 1. The number of hydrogen-bond donors (Lipinski definition) is 1. The van der Waals surface area contributed by atoms with E-state index in [4.69, 9.17) is 4.74 Å². The molecule has 0 atom stereocenters. The SMILES string of the molecule is COc1ccc(CNC2CC(C)(C)CC(C)(C)C2)cc1C. The average molecular weight is 289 g/mol. The van der Waals surface area contributed by atoms with Crippen molar-refractivity contribution in [2.24, 2.45) is 10.8 Å². The average Bonchev–Trinajstić information content (AvgIpc) is 2.33. The molecule has 1 fully saturated rings. The van der Waals surface area contributed by atoms with Gasteiger partial charge in [-0.05, 0) is 54.2 Å². The topological polar surface area (TPSA) is 21.3 Å². The Labute approximate surface area is 130 Å². The van der Waals surface area contributed by atoms with E-state index in [0.29, 0.717) is 16.9 Å². The summed E-state index contributed by atoms with van der Waals surface area (Å²) in [6.07, 6.45) is 3.86. The van der Waals surface area contributed by atoms with Crippen LogP contribution in [0.4, 0.5) is 0 Å². The lowest BCUT2D eigenvalue weighted by Gasteiger charge is -2.45. The van der Waals surface area contributed by atoms with Crippen molar-refractivity contribution in [2.75, 3.05) is 7.11 Å². The first kappa shape index (κ1) is 16.4. The molecule has 118 valence electrons. The molecule has 1 saturated carbocycles. The van der Waals surface area contributed by atoms with Crippen LogP contribution in [0.1, 0.15) is 58.1 Å². The highest BCUT2D eigenvalue weighted by Gasteiger charge is 2.38. The summed E-state index contributed by atoms with van der Waals surface area (Å²) in [7, 11) is 1.73. The molecule has 2 nitrogen and oxygen atoms in total. The number of ether oxygens (including phenoxy) is 1. The van der Waals surface area contributed by atoms with Crippen LogP contribution in [0.25, 0.3) is 0 Å². The van der Waals surface area contributed by atoms with E-state index in [1.165, 1.54) is 30.4 Å². The monoisotopic (exact) mass is 289 g/mol. The minimum atomic E-state index is 0.440. The summed E-state index contributed by atoms with van der Waals surface area (Å²) in [6, 6.07) is 7.08. The van der Waals surface area contributed by atoms with E-state index in [1.807, 2.05) is 0 Å². The molecule has 0 bridgehead atoms. The maximum absolute atomic E-state index is 5.33. The first-order chi connectivity index (χ1) is 9.71. The van der Waals surface area contributed by atoms with Crippen LogP contribution in [-0.2, 0) is 6.54 Å². The van der Waals surface area contributed by atoms with Crippen LogP contribution in [0.2, 0.25) is 0 Å². The molecular weight excluding hydrogens is 258 g/mol. The highest BCUT2D eigenvalue weighted by molar-refractivity contribution is 5.36. The van der Waals surface area contributed by atoms with E-state index in [2.05, 4.69) is 58.1 Å². The molecule has 0 unspecified atom stereocenters. The fraction of sp³-hybridized carbons (Fsp3) is 0.684. The largest absolute Gasteiger partial charge is 0.496 e. The molecular formula is C19H31NO. The first-order valence-corrected chi connectivity index (χ1v) is 8.08. The third kappa shape index (κ3) is 4.47. The molecule has 1 aromatic carbocycles. The zero-order chi connectivity index (χ0) is 15.7. The van der Waals surface area contributed by atoms with E-state index in [-0.39, 0.29) is 0 Å². The van der Waals surface area contributed by atoms with Crippen LogP contribution < -0.4 is 10.1 Å². The normalized spacial score (nSPS) is 21.2. The van der Waals surface area contributed by atoms with Crippen LogP contribution in [-0.4, -0.2) is 13.2 Å². The van der Waals surface area contributed by atoms with Gasteiger partial charge in [-0.25, -0.2) is 0 Å². The molecule has 0 saturated heterocycles. The Balaban J connectivity index is 1.98. The maximum Gasteiger partial charge on any atom is 0.121 e. The van der Waals surface area contributed by atoms with Gasteiger partial charge in [0.25, 0.3) is 0 Å². The Morgan fingerprint density at radius 1 is 1.14 bits per heavy atom. The van der Waals surface area contributed by atoms with Gasteiger partial charge in [0.05, 0.1) is 7.11 Å². The van der Waals surface area contributed by atoms with E-state index in [0.717, 1.165) is 12.3 Å². The van der Waals surface area contributed by atoms with Crippen LogP contribution in [0, 0.1) is 17.8 Å². The van der Waals surface area contributed by atoms with Crippen LogP contribution in [0.5, 0.6) is 5.75 Å². The zero-order valence-corrected chi connectivity index (χ0v) is 14.5. The van der Waals surface area contributed by atoms with Crippen molar-refractivity contribution < 1.29 is 4.74 Å². The summed E-state index contributed by atoms with van der Waals surface area (Å²) in [4.78, 5) is 0. The number of hydrogen-bond acceptors (Lipinski definition) is 2. The number of nitrogens with one attached hydrogen (secondary N) is 1. The Morgan fingerprint density at radius 2 is 1.76 bits per heavy atom. The van der Waals surface area contributed by atoms with Crippen LogP contribution in [0.3, 0.4) is 0 Å². The van der Waals surface area contributed by atoms with Gasteiger partial charge in [0.15, 0.2) is 0 Å². The summed E-state index contributed by atoms with van der Waals surface area (Å²) in [5.74, 6) is 0.971. The highest BCUT2D eigenvalue weighted by atomic mass is 16.5. The standard InChI is InChI=1S/C19H31NO/c1-14-9-15(7-8-17(14)21-6)12-20-16-10-18(2,3)13-19(4,5)11-16/h7-9,16,20H,10-13H2,1-6H3. The second-order valence-corrected chi connectivity index (χ2v) is 8.30. The summed E-state index contributed by atoms with van der Waals surface area (Å²) >= 11 is 0. The van der Waals surface area contributed by atoms with Gasteiger partial charge >= 0.3 is 0 Å². The van der Waals surface area contributed by atoms with Crippen molar-refractivity contribution in [3.8, 4) is 5.75 Å². The molecule has 21 heavy (non-hydrogen) atoms. The van der Waals surface area contributed by atoms with Gasteiger partial charge in [0, 0.05) is 12.6 Å². The molecule has 1 N–H and O–H groups in total. The third-order valence-electron chi connectivity index (χ3n) is 4.61. The zero-order valence-electron chi connectivity index (χ0n) is 14.5. The summed E-state index contributed by atoms with van der Waals surface area (Å²) in [5.41, 5.74) is 3.43. The summed E-state index contributed by atoms with van der Waals surface area (Å²) in [6.45, 7) is 12.7. The van der Waals surface area contributed by atoms with Gasteiger partial charge in [-0.15, -0.1) is 0 Å². The second-order valence-electron chi connectivity index (χ2n) is 8.30. The fourth-order valence-electron chi connectivity index (χ4n) is 4.30. The molecule has 0 aromatic heterocycles. The number of rotatable bonds is 4. The molecule has 1 aromatic rings. The first-order valence-electron chi connectivity index (χ1n) is 8.08. The lowest BCUT2D eigenvalue weighted by atomic mass is 9.63. The van der Waals surface area contributed by atoms with Crippen molar-refractivity contribution in [1.29, 1.82) is 0 Å². The van der Waals surface area contributed by atoms with Gasteiger partial charge in [-0.1, -0.05) is 39.8 Å². The van der Waals surface area contributed by atoms with E-state index < -0.39 is 0 Å². The number of methoxy groups -OCH3 is 1. The molecule has 1 aliphatic carbocycles. The molecule has 0 heterocycles. The third-order valence-corrected chi connectivity index (χ3v) is 4.61. The lowest BCUT2D eigenvalue weighted by Crippen LogP contribution is -2.43. The van der Waals surface area contributed by atoms with Crippen LogP contribution in [0.15, 0.2) is 18.2 Å². The van der Waals surface area contributed by atoms with Gasteiger partial charge in [0.2, 0.25) is 0 Å². The smallest absolute Gasteiger partial charge is 0.121 e. The molecule has 0 aliphatic heterocycles. The Morgan fingerprint density at radius 3 is 2.29 bits per heavy atom.